The fourth-order valence-electron chi connectivity index (χ4n) is 2.76. The molecule has 2 aliphatic rings. The molecule has 1 aliphatic heterocycles. The molecule has 16 heavy (non-hydrogen) atoms. The van der Waals surface area contributed by atoms with Gasteiger partial charge < -0.3 is 10.1 Å². The maximum absolute atomic E-state index is 6.06. The Morgan fingerprint density at radius 1 is 1.50 bits per heavy atom. The summed E-state index contributed by atoms with van der Waals surface area (Å²) in [7, 11) is 2.01. The summed E-state index contributed by atoms with van der Waals surface area (Å²) in [5.41, 5.74) is 2.08. The Hall–Kier alpha value is -0.380. The minimum Gasteiger partial charge on any atom is -0.371 e. The summed E-state index contributed by atoms with van der Waals surface area (Å²) in [4.78, 5) is 1.47. The van der Waals surface area contributed by atoms with E-state index in [4.69, 9.17) is 4.74 Å². The van der Waals surface area contributed by atoms with Crippen molar-refractivity contribution in [3.63, 3.8) is 0 Å². The average molecular weight is 237 g/mol. The van der Waals surface area contributed by atoms with Crippen molar-refractivity contribution in [3.05, 3.63) is 21.9 Å². The van der Waals surface area contributed by atoms with Crippen LogP contribution in [0.15, 0.2) is 11.4 Å². The summed E-state index contributed by atoms with van der Waals surface area (Å²) in [6.07, 6.45) is 4.19. The lowest BCUT2D eigenvalue weighted by atomic mass is 9.92. The first-order valence-electron chi connectivity index (χ1n) is 6.13. The molecule has 1 saturated carbocycles. The van der Waals surface area contributed by atoms with Crippen LogP contribution in [0.1, 0.15) is 42.7 Å². The number of rotatable bonds is 2. The predicted molar refractivity (Wildman–Crippen MR) is 67.1 cm³/mol. The van der Waals surface area contributed by atoms with Crippen molar-refractivity contribution in [3.8, 4) is 0 Å². The Bertz CT molecular complexity index is 383. The molecule has 0 amide bonds. The first-order valence-corrected chi connectivity index (χ1v) is 7.01. The summed E-state index contributed by atoms with van der Waals surface area (Å²) in [6.45, 7) is 3.12. The Kier molecular flexibility index (Phi) is 2.57. The van der Waals surface area contributed by atoms with E-state index in [0.29, 0.717) is 11.5 Å². The predicted octanol–water partition coefficient (Wildman–Crippen LogP) is 2.85. The summed E-state index contributed by atoms with van der Waals surface area (Å²) in [5, 5.41) is 5.55. The standard InChI is InChI=1S/C13H19NOS/c1-9(14-2)11-12-10(3-8-16-12)13(4-5-13)6-7-15-11/h3,8-9,11,14H,4-7H2,1-2H3. The van der Waals surface area contributed by atoms with Crippen LogP contribution < -0.4 is 5.32 Å². The number of fused-ring (bicyclic) bond motifs is 2. The molecule has 0 radical (unpaired) electrons. The second-order valence-electron chi connectivity index (χ2n) is 5.10. The van der Waals surface area contributed by atoms with Gasteiger partial charge >= 0.3 is 0 Å². The van der Waals surface area contributed by atoms with E-state index in [1.54, 1.807) is 5.56 Å². The largest absolute Gasteiger partial charge is 0.371 e. The molecule has 1 fully saturated rings. The second-order valence-corrected chi connectivity index (χ2v) is 6.05. The van der Waals surface area contributed by atoms with Crippen molar-refractivity contribution in [2.24, 2.45) is 0 Å². The molecule has 2 heterocycles. The third-order valence-electron chi connectivity index (χ3n) is 4.17. The Labute approximate surface area is 101 Å². The Balaban J connectivity index is 1.99. The number of thiophene rings is 1. The van der Waals surface area contributed by atoms with Crippen LogP contribution in [0.2, 0.25) is 0 Å². The van der Waals surface area contributed by atoms with Gasteiger partial charge in [0.1, 0.15) is 6.10 Å². The van der Waals surface area contributed by atoms with Gasteiger partial charge in [0, 0.05) is 17.5 Å². The van der Waals surface area contributed by atoms with E-state index in [1.165, 1.54) is 24.1 Å². The SMILES string of the molecule is CNC(C)C1OCCC2(CC2)c2ccsc21. The topological polar surface area (TPSA) is 21.3 Å². The van der Waals surface area contributed by atoms with E-state index in [2.05, 4.69) is 23.7 Å². The van der Waals surface area contributed by atoms with Crippen LogP contribution in [0.3, 0.4) is 0 Å². The minimum absolute atomic E-state index is 0.250. The van der Waals surface area contributed by atoms with E-state index in [1.807, 2.05) is 18.4 Å². The minimum atomic E-state index is 0.250. The molecular weight excluding hydrogens is 218 g/mol. The van der Waals surface area contributed by atoms with Crippen LogP contribution in [0.4, 0.5) is 0 Å². The normalized spacial score (nSPS) is 28.5. The molecular formula is C13H19NOS. The summed E-state index contributed by atoms with van der Waals surface area (Å²) in [5.74, 6) is 0. The zero-order valence-corrected chi connectivity index (χ0v) is 10.8. The molecule has 3 rings (SSSR count). The van der Waals surface area contributed by atoms with Gasteiger partial charge in [-0.05, 0) is 55.7 Å². The average Bonchev–Trinajstić information content (AvgIpc) is 2.96. The second kappa shape index (κ2) is 3.83. The van der Waals surface area contributed by atoms with Gasteiger partial charge in [0.25, 0.3) is 0 Å². The van der Waals surface area contributed by atoms with E-state index < -0.39 is 0 Å². The van der Waals surface area contributed by atoms with Crippen LogP contribution in [-0.4, -0.2) is 19.7 Å². The van der Waals surface area contributed by atoms with Crippen molar-refractivity contribution in [2.75, 3.05) is 13.7 Å². The molecule has 1 N–H and O–H groups in total. The first kappa shape index (κ1) is 10.8. The Morgan fingerprint density at radius 3 is 3.00 bits per heavy atom. The number of likely N-dealkylation sites (N-methyl/N-ethyl adjacent to an activating group) is 1. The fraction of sp³-hybridized carbons (Fsp3) is 0.692. The van der Waals surface area contributed by atoms with E-state index in [-0.39, 0.29) is 6.10 Å². The highest BCUT2D eigenvalue weighted by Crippen LogP contribution is 2.56. The molecule has 88 valence electrons. The quantitative estimate of drug-likeness (QED) is 0.854. The molecule has 3 heteroatoms. The smallest absolute Gasteiger partial charge is 0.107 e. The molecule has 0 saturated heterocycles. The van der Waals surface area contributed by atoms with Gasteiger partial charge in [-0.25, -0.2) is 0 Å². The zero-order chi connectivity index (χ0) is 11.2. The third kappa shape index (κ3) is 1.53. The van der Waals surface area contributed by atoms with Crippen LogP contribution in [0.5, 0.6) is 0 Å². The highest BCUT2D eigenvalue weighted by Gasteiger charge is 2.48. The van der Waals surface area contributed by atoms with Gasteiger partial charge in [-0.1, -0.05) is 0 Å². The number of nitrogens with one attached hydrogen (secondary N) is 1. The molecule has 2 atom stereocenters. The van der Waals surface area contributed by atoms with Gasteiger partial charge in [0.05, 0.1) is 0 Å². The summed E-state index contributed by atoms with van der Waals surface area (Å²) < 4.78 is 6.06. The number of hydrogen-bond acceptors (Lipinski definition) is 3. The molecule has 2 unspecified atom stereocenters. The molecule has 1 aromatic rings. The lowest BCUT2D eigenvalue weighted by Gasteiger charge is -2.22. The maximum Gasteiger partial charge on any atom is 0.107 e. The van der Waals surface area contributed by atoms with E-state index in [0.717, 1.165) is 6.61 Å². The van der Waals surface area contributed by atoms with Crippen LogP contribution in [-0.2, 0) is 10.2 Å². The molecule has 2 nitrogen and oxygen atoms in total. The zero-order valence-electron chi connectivity index (χ0n) is 9.95. The van der Waals surface area contributed by atoms with Crippen LogP contribution >= 0.6 is 11.3 Å². The highest BCUT2D eigenvalue weighted by molar-refractivity contribution is 7.10. The number of hydrogen-bond donors (Lipinski definition) is 1. The number of ether oxygens (including phenoxy) is 1. The van der Waals surface area contributed by atoms with E-state index in [9.17, 15) is 0 Å². The monoisotopic (exact) mass is 237 g/mol. The Morgan fingerprint density at radius 2 is 2.31 bits per heavy atom. The first-order chi connectivity index (χ1) is 7.77. The fourth-order valence-corrected chi connectivity index (χ4v) is 3.93. The van der Waals surface area contributed by atoms with Crippen molar-refractivity contribution in [1.29, 1.82) is 0 Å². The van der Waals surface area contributed by atoms with Crippen molar-refractivity contribution >= 4 is 11.3 Å². The summed E-state index contributed by atoms with van der Waals surface area (Å²) >= 11 is 1.87. The molecule has 0 aromatic carbocycles. The molecule has 0 bridgehead atoms. The van der Waals surface area contributed by atoms with Gasteiger partial charge in [0.15, 0.2) is 0 Å². The third-order valence-corrected chi connectivity index (χ3v) is 5.14. The molecule has 1 spiro atoms. The van der Waals surface area contributed by atoms with Crippen molar-refractivity contribution < 1.29 is 4.74 Å². The maximum atomic E-state index is 6.06. The van der Waals surface area contributed by atoms with Crippen molar-refractivity contribution in [1.82, 2.24) is 5.32 Å². The summed E-state index contributed by atoms with van der Waals surface area (Å²) in [6, 6.07) is 2.73. The highest BCUT2D eigenvalue weighted by atomic mass is 32.1. The van der Waals surface area contributed by atoms with Crippen LogP contribution in [0.25, 0.3) is 0 Å². The van der Waals surface area contributed by atoms with Gasteiger partial charge in [-0.15, -0.1) is 11.3 Å². The van der Waals surface area contributed by atoms with Crippen LogP contribution in [0, 0.1) is 0 Å². The van der Waals surface area contributed by atoms with E-state index >= 15 is 0 Å². The van der Waals surface area contributed by atoms with Crippen molar-refractivity contribution in [2.45, 2.75) is 43.7 Å². The van der Waals surface area contributed by atoms with Gasteiger partial charge in [0.2, 0.25) is 0 Å². The molecule has 1 aromatic heterocycles. The molecule has 1 aliphatic carbocycles. The lowest BCUT2D eigenvalue weighted by molar-refractivity contribution is 0.0349. The lowest BCUT2D eigenvalue weighted by Crippen LogP contribution is -2.30. The van der Waals surface area contributed by atoms with Gasteiger partial charge in [-0.2, -0.15) is 0 Å². The van der Waals surface area contributed by atoms with Gasteiger partial charge in [-0.3, -0.25) is 0 Å².